The molecule has 0 radical (unpaired) electrons. The van der Waals surface area contributed by atoms with Gasteiger partial charge in [-0.05, 0) is 27.2 Å². The predicted molar refractivity (Wildman–Crippen MR) is 51.8 cm³/mol. The van der Waals surface area contributed by atoms with Gasteiger partial charge < -0.3 is 20.9 Å². The quantitative estimate of drug-likeness (QED) is 0.557. The highest BCUT2D eigenvalue weighted by Gasteiger charge is 2.38. The van der Waals surface area contributed by atoms with Crippen LogP contribution in [0.3, 0.4) is 0 Å². The summed E-state index contributed by atoms with van der Waals surface area (Å²) in [6, 6.07) is -0.539. The maximum atomic E-state index is 11.2. The molecule has 0 aromatic heterocycles. The first-order chi connectivity index (χ1) is 6.29. The fourth-order valence-corrected chi connectivity index (χ4v) is 1.26. The summed E-state index contributed by atoms with van der Waals surface area (Å²) >= 11 is 0. The van der Waals surface area contributed by atoms with E-state index in [0.29, 0.717) is 6.42 Å². The Labute approximate surface area is 83.6 Å². The molecule has 3 atom stereocenters. The Balaban J connectivity index is 2.29. The number of carbonyl (C=O) groups is 1. The van der Waals surface area contributed by atoms with Gasteiger partial charge in [-0.25, -0.2) is 4.79 Å². The lowest BCUT2D eigenvalue weighted by atomic mass is 9.84. The third-order valence-corrected chi connectivity index (χ3v) is 2.11. The zero-order chi connectivity index (χ0) is 10.9. The first kappa shape index (κ1) is 11.3. The third kappa shape index (κ3) is 2.85. The molecule has 1 amide bonds. The molecule has 0 aromatic carbocycles. The second-order valence-corrected chi connectivity index (χ2v) is 4.63. The van der Waals surface area contributed by atoms with Crippen molar-refractivity contribution in [2.45, 2.75) is 51.0 Å². The molecule has 1 fully saturated rings. The van der Waals surface area contributed by atoms with Crippen LogP contribution in [0.4, 0.5) is 4.79 Å². The summed E-state index contributed by atoms with van der Waals surface area (Å²) in [5, 5.41) is 11.7. The van der Waals surface area contributed by atoms with E-state index in [1.165, 1.54) is 0 Å². The van der Waals surface area contributed by atoms with E-state index in [1.807, 2.05) is 0 Å². The fraction of sp³-hybridized carbons (Fsp3) is 0.889. The van der Waals surface area contributed by atoms with Crippen LogP contribution in [-0.4, -0.2) is 35.0 Å². The van der Waals surface area contributed by atoms with Crippen molar-refractivity contribution < 1.29 is 14.6 Å². The van der Waals surface area contributed by atoms with E-state index in [1.54, 1.807) is 20.8 Å². The first-order valence-corrected chi connectivity index (χ1v) is 4.73. The molecule has 0 aliphatic heterocycles. The maximum absolute atomic E-state index is 11.2. The summed E-state index contributed by atoms with van der Waals surface area (Å²) in [7, 11) is 0. The number of hydrogen-bond acceptors (Lipinski definition) is 4. The Morgan fingerprint density at radius 2 is 2.14 bits per heavy atom. The Morgan fingerprint density at radius 3 is 2.50 bits per heavy atom. The number of nitrogens with two attached hydrogens (primary N) is 1. The van der Waals surface area contributed by atoms with Crippen LogP contribution in [0.1, 0.15) is 27.2 Å². The highest BCUT2D eigenvalue weighted by molar-refractivity contribution is 5.68. The summed E-state index contributed by atoms with van der Waals surface area (Å²) in [5.41, 5.74) is 5.05. The lowest BCUT2D eigenvalue weighted by Gasteiger charge is -2.39. The molecule has 0 heterocycles. The number of hydrogen-bond donors (Lipinski definition) is 3. The second-order valence-electron chi connectivity index (χ2n) is 4.63. The molecule has 4 N–H and O–H groups in total. The van der Waals surface area contributed by atoms with Crippen molar-refractivity contribution in [3.05, 3.63) is 0 Å². The molecule has 5 nitrogen and oxygen atoms in total. The van der Waals surface area contributed by atoms with Crippen molar-refractivity contribution in [1.29, 1.82) is 0 Å². The van der Waals surface area contributed by atoms with Gasteiger partial charge in [0.05, 0.1) is 18.2 Å². The summed E-state index contributed by atoms with van der Waals surface area (Å²) < 4.78 is 5.04. The zero-order valence-electron chi connectivity index (χ0n) is 8.78. The average Bonchev–Trinajstić information content (AvgIpc) is 2.00. The topological polar surface area (TPSA) is 84.6 Å². The van der Waals surface area contributed by atoms with Gasteiger partial charge in [-0.1, -0.05) is 0 Å². The smallest absolute Gasteiger partial charge is 0.407 e. The van der Waals surface area contributed by atoms with Crippen LogP contribution < -0.4 is 11.1 Å². The van der Waals surface area contributed by atoms with Crippen molar-refractivity contribution in [3.63, 3.8) is 0 Å². The molecule has 0 spiro atoms. The van der Waals surface area contributed by atoms with Crippen LogP contribution >= 0.6 is 0 Å². The summed E-state index contributed by atoms with van der Waals surface area (Å²) in [6.45, 7) is 5.38. The number of aliphatic hydroxyl groups is 1. The Morgan fingerprint density at radius 1 is 1.57 bits per heavy atom. The van der Waals surface area contributed by atoms with Gasteiger partial charge in [-0.2, -0.15) is 0 Å². The minimum absolute atomic E-state index is 0.167. The van der Waals surface area contributed by atoms with E-state index in [2.05, 4.69) is 5.32 Å². The molecule has 1 aliphatic rings. The lowest BCUT2D eigenvalue weighted by molar-refractivity contribution is 0.0175. The van der Waals surface area contributed by atoms with Crippen molar-refractivity contribution in [2.24, 2.45) is 5.73 Å². The van der Waals surface area contributed by atoms with Gasteiger partial charge in [0.1, 0.15) is 5.60 Å². The lowest BCUT2D eigenvalue weighted by Crippen LogP contribution is -2.63. The first-order valence-electron chi connectivity index (χ1n) is 4.73. The Hall–Kier alpha value is -0.810. The SMILES string of the molecule is CC(C)(C)OC(=O)NC1CC(O)C1N. The molecular formula is C9H18N2O3. The second kappa shape index (κ2) is 3.74. The van der Waals surface area contributed by atoms with E-state index < -0.39 is 17.8 Å². The van der Waals surface area contributed by atoms with Crippen LogP contribution in [0, 0.1) is 0 Å². The molecule has 0 saturated heterocycles. The van der Waals surface area contributed by atoms with Crippen molar-refractivity contribution in [1.82, 2.24) is 5.32 Å². The van der Waals surface area contributed by atoms with Gasteiger partial charge in [0.15, 0.2) is 0 Å². The van der Waals surface area contributed by atoms with Crippen molar-refractivity contribution in [3.8, 4) is 0 Å². The minimum atomic E-state index is -0.505. The largest absolute Gasteiger partial charge is 0.444 e. The van der Waals surface area contributed by atoms with Crippen LogP contribution in [0.15, 0.2) is 0 Å². The Kier molecular flexibility index (Phi) is 3.01. The number of carbonyl (C=O) groups excluding carboxylic acids is 1. The van der Waals surface area contributed by atoms with E-state index in [0.717, 1.165) is 0 Å². The third-order valence-electron chi connectivity index (χ3n) is 2.11. The number of amides is 1. The fourth-order valence-electron chi connectivity index (χ4n) is 1.26. The highest BCUT2D eigenvalue weighted by Crippen LogP contribution is 2.19. The van der Waals surface area contributed by atoms with E-state index in [4.69, 9.17) is 15.6 Å². The number of aliphatic hydroxyl groups excluding tert-OH is 1. The van der Waals surface area contributed by atoms with Crippen LogP contribution in [-0.2, 0) is 4.74 Å². The number of alkyl carbamates (subject to hydrolysis) is 1. The van der Waals surface area contributed by atoms with Crippen molar-refractivity contribution >= 4 is 6.09 Å². The molecular weight excluding hydrogens is 184 g/mol. The van der Waals surface area contributed by atoms with Gasteiger partial charge in [-0.3, -0.25) is 0 Å². The van der Waals surface area contributed by atoms with Crippen LogP contribution in [0.25, 0.3) is 0 Å². The van der Waals surface area contributed by atoms with Gasteiger partial charge >= 0.3 is 6.09 Å². The molecule has 5 heteroatoms. The molecule has 14 heavy (non-hydrogen) atoms. The van der Waals surface area contributed by atoms with E-state index in [-0.39, 0.29) is 12.1 Å². The molecule has 3 unspecified atom stereocenters. The molecule has 0 aromatic rings. The summed E-state index contributed by atoms with van der Waals surface area (Å²) in [5.74, 6) is 0. The monoisotopic (exact) mass is 202 g/mol. The minimum Gasteiger partial charge on any atom is -0.444 e. The standard InChI is InChI=1S/C9H18N2O3/c1-9(2,3)14-8(13)11-5-4-6(12)7(5)10/h5-7,12H,4,10H2,1-3H3,(H,11,13). The zero-order valence-corrected chi connectivity index (χ0v) is 8.78. The number of ether oxygens (including phenoxy) is 1. The van der Waals surface area contributed by atoms with Crippen LogP contribution in [0.5, 0.6) is 0 Å². The summed E-state index contributed by atoms with van der Waals surface area (Å²) in [4.78, 5) is 11.2. The average molecular weight is 202 g/mol. The highest BCUT2D eigenvalue weighted by atomic mass is 16.6. The normalized spacial score (nSPS) is 31.9. The van der Waals surface area contributed by atoms with E-state index in [9.17, 15) is 4.79 Å². The maximum Gasteiger partial charge on any atom is 0.407 e. The van der Waals surface area contributed by atoms with Gasteiger partial charge in [-0.15, -0.1) is 0 Å². The molecule has 1 aliphatic carbocycles. The van der Waals surface area contributed by atoms with Gasteiger partial charge in [0, 0.05) is 0 Å². The molecule has 0 bridgehead atoms. The number of rotatable bonds is 1. The number of nitrogens with one attached hydrogen (secondary N) is 1. The van der Waals surface area contributed by atoms with Crippen molar-refractivity contribution in [2.75, 3.05) is 0 Å². The molecule has 82 valence electrons. The van der Waals surface area contributed by atoms with Gasteiger partial charge in [0.2, 0.25) is 0 Å². The Bertz CT molecular complexity index is 225. The van der Waals surface area contributed by atoms with Crippen LogP contribution in [0.2, 0.25) is 0 Å². The molecule has 1 saturated carbocycles. The van der Waals surface area contributed by atoms with Gasteiger partial charge in [0.25, 0.3) is 0 Å². The summed E-state index contributed by atoms with van der Waals surface area (Å²) in [6.07, 6.45) is -0.486. The predicted octanol–water partition coefficient (Wildman–Crippen LogP) is -0.0284. The van der Waals surface area contributed by atoms with E-state index >= 15 is 0 Å². The molecule has 1 rings (SSSR count).